The molecule has 1 N–H and O–H groups in total. The fraction of sp³-hybridized carbons (Fsp3) is 0.350. The molecular formula is C20H24Cl2N2O5S. The molecule has 0 heterocycles. The first-order valence-electron chi connectivity index (χ1n) is 9.04. The minimum Gasteiger partial charge on any atom is -0.493 e. The van der Waals surface area contributed by atoms with Gasteiger partial charge in [0.15, 0.2) is 11.5 Å². The largest absolute Gasteiger partial charge is 0.493 e. The molecule has 0 aliphatic carbocycles. The summed E-state index contributed by atoms with van der Waals surface area (Å²) in [5, 5.41) is 3.17. The highest BCUT2D eigenvalue weighted by Gasteiger charge is 2.23. The van der Waals surface area contributed by atoms with Crippen LogP contribution in [-0.2, 0) is 21.4 Å². The summed E-state index contributed by atoms with van der Waals surface area (Å²) >= 11 is 12.1. The Hall–Kier alpha value is -2.16. The molecule has 0 atom stereocenters. The van der Waals surface area contributed by atoms with E-state index in [0.29, 0.717) is 16.5 Å². The second-order valence-corrected chi connectivity index (χ2v) is 9.54. The number of ether oxygens (including phenoxy) is 2. The number of benzene rings is 2. The molecule has 0 bridgehead atoms. The van der Waals surface area contributed by atoms with E-state index >= 15 is 0 Å². The summed E-state index contributed by atoms with van der Waals surface area (Å²) in [4.78, 5) is 12.5. The van der Waals surface area contributed by atoms with Crippen molar-refractivity contribution in [1.82, 2.24) is 5.32 Å². The Kier molecular flexibility index (Phi) is 8.23. The van der Waals surface area contributed by atoms with Gasteiger partial charge in [-0.15, -0.1) is 0 Å². The van der Waals surface area contributed by atoms with Crippen molar-refractivity contribution < 1.29 is 22.7 Å². The number of amides is 1. The molecule has 7 nitrogen and oxygen atoms in total. The van der Waals surface area contributed by atoms with Gasteiger partial charge in [-0.2, -0.15) is 0 Å². The van der Waals surface area contributed by atoms with Crippen LogP contribution in [0.3, 0.4) is 0 Å². The highest BCUT2D eigenvalue weighted by Crippen LogP contribution is 2.31. The molecule has 0 aliphatic heterocycles. The fourth-order valence-electron chi connectivity index (χ4n) is 2.62. The molecule has 0 saturated carbocycles. The fourth-order valence-corrected chi connectivity index (χ4v) is 3.91. The summed E-state index contributed by atoms with van der Waals surface area (Å²) in [5.74, 6) is 0.637. The quantitative estimate of drug-likeness (QED) is 0.595. The predicted molar refractivity (Wildman–Crippen MR) is 119 cm³/mol. The zero-order chi connectivity index (χ0) is 22.5. The third kappa shape index (κ3) is 6.68. The molecule has 2 aromatic rings. The molecule has 10 heteroatoms. The third-order valence-corrected chi connectivity index (χ3v) is 5.63. The van der Waals surface area contributed by atoms with Crippen LogP contribution in [0.2, 0.25) is 10.0 Å². The Bertz CT molecular complexity index is 1010. The van der Waals surface area contributed by atoms with Crippen LogP contribution < -0.4 is 19.1 Å². The van der Waals surface area contributed by atoms with Crippen molar-refractivity contribution in [1.29, 1.82) is 0 Å². The van der Waals surface area contributed by atoms with Crippen LogP contribution in [0.1, 0.15) is 19.4 Å². The van der Waals surface area contributed by atoms with Crippen LogP contribution in [-0.4, -0.2) is 40.3 Å². The van der Waals surface area contributed by atoms with Crippen molar-refractivity contribution in [3.8, 4) is 11.5 Å². The van der Waals surface area contributed by atoms with Crippen LogP contribution in [0.5, 0.6) is 11.5 Å². The molecule has 2 aromatic carbocycles. The van der Waals surface area contributed by atoms with Gasteiger partial charge in [0.05, 0.1) is 30.2 Å². The first-order valence-corrected chi connectivity index (χ1v) is 11.6. The average molecular weight is 475 g/mol. The molecule has 0 aliphatic rings. The monoisotopic (exact) mass is 474 g/mol. The van der Waals surface area contributed by atoms with Gasteiger partial charge in [-0.05, 0) is 49.7 Å². The number of hydrogen-bond donors (Lipinski definition) is 1. The van der Waals surface area contributed by atoms with Crippen molar-refractivity contribution in [2.75, 3.05) is 24.2 Å². The highest BCUT2D eigenvalue weighted by molar-refractivity contribution is 7.92. The molecule has 0 unspecified atom stereocenters. The maximum Gasteiger partial charge on any atom is 0.241 e. The minimum atomic E-state index is -3.77. The number of nitrogens with zero attached hydrogens (tertiary/aromatic N) is 1. The molecule has 0 spiro atoms. The van der Waals surface area contributed by atoms with Crippen molar-refractivity contribution in [3.05, 3.63) is 52.0 Å². The van der Waals surface area contributed by atoms with Crippen molar-refractivity contribution in [2.24, 2.45) is 0 Å². The summed E-state index contributed by atoms with van der Waals surface area (Å²) in [6, 6.07) is 9.71. The lowest BCUT2D eigenvalue weighted by Crippen LogP contribution is -2.40. The van der Waals surface area contributed by atoms with E-state index in [0.717, 1.165) is 16.1 Å². The van der Waals surface area contributed by atoms with Crippen molar-refractivity contribution in [3.63, 3.8) is 0 Å². The lowest BCUT2D eigenvalue weighted by Gasteiger charge is -2.23. The third-order valence-electron chi connectivity index (χ3n) is 3.94. The normalized spacial score (nSPS) is 11.3. The Labute approximate surface area is 186 Å². The Morgan fingerprint density at radius 1 is 1.13 bits per heavy atom. The minimum absolute atomic E-state index is 0.00950. The van der Waals surface area contributed by atoms with Gasteiger partial charge in [-0.3, -0.25) is 9.10 Å². The van der Waals surface area contributed by atoms with E-state index in [1.54, 1.807) is 18.2 Å². The summed E-state index contributed by atoms with van der Waals surface area (Å²) in [6.07, 6.45) is 0.986. The molecule has 0 saturated heterocycles. The van der Waals surface area contributed by atoms with Gasteiger partial charge in [-0.25, -0.2) is 8.42 Å². The second kappa shape index (κ2) is 10.2. The predicted octanol–water partition coefficient (Wildman–Crippen LogP) is 3.87. The zero-order valence-corrected chi connectivity index (χ0v) is 19.4. The number of rotatable bonds is 9. The van der Waals surface area contributed by atoms with Gasteiger partial charge in [0.1, 0.15) is 6.54 Å². The Balaban J connectivity index is 2.12. The zero-order valence-electron chi connectivity index (χ0n) is 17.1. The van der Waals surface area contributed by atoms with Crippen molar-refractivity contribution >= 4 is 44.8 Å². The van der Waals surface area contributed by atoms with Crippen LogP contribution in [0.4, 0.5) is 5.69 Å². The number of halogens is 2. The summed E-state index contributed by atoms with van der Waals surface area (Å²) in [6.45, 7) is 3.56. The smallest absolute Gasteiger partial charge is 0.241 e. The SMILES string of the molecule is COc1cc(CNC(=O)CN(c2cc(Cl)ccc2Cl)S(C)(=O)=O)ccc1OC(C)C. The Morgan fingerprint density at radius 2 is 1.83 bits per heavy atom. The molecule has 1 amide bonds. The number of carbonyl (C=O) groups is 1. The van der Waals surface area contributed by atoms with E-state index in [9.17, 15) is 13.2 Å². The highest BCUT2D eigenvalue weighted by atomic mass is 35.5. The van der Waals surface area contributed by atoms with E-state index in [4.69, 9.17) is 32.7 Å². The van der Waals surface area contributed by atoms with Gasteiger partial charge < -0.3 is 14.8 Å². The van der Waals surface area contributed by atoms with Gasteiger partial charge in [-0.1, -0.05) is 29.3 Å². The van der Waals surface area contributed by atoms with E-state index in [-0.39, 0.29) is 23.4 Å². The van der Waals surface area contributed by atoms with E-state index in [1.165, 1.54) is 25.3 Å². The standard InChI is InChI=1S/C20H24Cl2N2O5S/c1-13(2)29-18-8-5-14(9-19(18)28-3)11-23-20(25)12-24(30(4,26)27)17-10-15(21)6-7-16(17)22/h5-10,13H,11-12H2,1-4H3,(H,23,25). The topological polar surface area (TPSA) is 84.9 Å². The van der Waals surface area contributed by atoms with Gasteiger partial charge in [0.25, 0.3) is 0 Å². The Morgan fingerprint density at radius 3 is 2.43 bits per heavy atom. The molecule has 0 fully saturated rings. The number of nitrogens with one attached hydrogen (secondary N) is 1. The number of hydrogen-bond acceptors (Lipinski definition) is 5. The molecule has 30 heavy (non-hydrogen) atoms. The van der Waals surface area contributed by atoms with Gasteiger partial charge in [0.2, 0.25) is 15.9 Å². The van der Waals surface area contributed by atoms with Gasteiger partial charge in [0, 0.05) is 11.6 Å². The average Bonchev–Trinajstić information content (AvgIpc) is 2.66. The molecule has 0 radical (unpaired) electrons. The molecular weight excluding hydrogens is 451 g/mol. The van der Waals surface area contributed by atoms with Crippen LogP contribution in [0.25, 0.3) is 0 Å². The number of carbonyl (C=O) groups excluding carboxylic acids is 1. The maximum atomic E-state index is 12.5. The van der Waals surface area contributed by atoms with E-state index in [2.05, 4.69) is 5.32 Å². The lowest BCUT2D eigenvalue weighted by molar-refractivity contribution is -0.119. The van der Waals surface area contributed by atoms with Gasteiger partial charge >= 0.3 is 0 Å². The second-order valence-electron chi connectivity index (χ2n) is 6.79. The number of sulfonamides is 1. The van der Waals surface area contributed by atoms with E-state index < -0.39 is 22.5 Å². The summed E-state index contributed by atoms with van der Waals surface area (Å²) < 4.78 is 36.4. The number of methoxy groups -OCH3 is 1. The first-order chi connectivity index (χ1) is 14.0. The summed E-state index contributed by atoms with van der Waals surface area (Å²) in [5.41, 5.74) is 0.904. The molecule has 0 aromatic heterocycles. The summed E-state index contributed by atoms with van der Waals surface area (Å²) in [7, 11) is -2.24. The molecule has 164 valence electrons. The maximum absolute atomic E-state index is 12.5. The number of anilines is 1. The van der Waals surface area contributed by atoms with Crippen LogP contribution >= 0.6 is 23.2 Å². The van der Waals surface area contributed by atoms with Crippen LogP contribution in [0.15, 0.2) is 36.4 Å². The van der Waals surface area contributed by atoms with Crippen LogP contribution in [0, 0.1) is 0 Å². The van der Waals surface area contributed by atoms with E-state index in [1.807, 2.05) is 13.8 Å². The van der Waals surface area contributed by atoms with Crippen molar-refractivity contribution in [2.45, 2.75) is 26.5 Å². The molecule has 2 rings (SSSR count). The first kappa shape index (κ1) is 24.1. The lowest BCUT2D eigenvalue weighted by atomic mass is 10.2.